The molecule has 1 fully saturated rings. The highest BCUT2D eigenvalue weighted by molar-refractivity contribution is 6.51. The number of amides is 2. The Labute approximate surface area is 229 Å². The van der Waals surface area contributed by atoms with Crippen LogP contribution in [-0.2, 0) is 19.8 Å². The van der Waals surface area contributed by atoms with Crippen LogP contribution in [0, 0.1) is 13.8 Å². The van der Waals surface area contributed by atoms with Crippen molar-refractivity contribution in [2.24, 2.45) is 0 Å². The van der Waals surface area contributed by atoms with Gasteiger partial charge in [-0.15, -0.1) is 0 Å². The van der Waals surface area contributed by atoms with Crippen LogP contribution in [0.1, 0.15) is 61.6 Å². The first-order valence-corrected chi connectivity index (χ1v) is 12.8. The summed E-state index contributed by atoms with van der Waals surface area (Å²) in [6, 6.07) is 17.2. The van der Waals surface area contributed by atoms with Crippen molar-refractivity contribution in [2.45, 2.75) is 53.0 Å². The van der Waals surface area contributed by atoms with Crippen LogP contribution in [0.4, 0.5) is 11.4 Å². The normalized spacial score (nSPS) is 16.9. The molecular formula is C32H34N2O5. The Morgan fingerprint density at radius 2 is 1.64 bits per heavy atom. The molecule has 1 heterocycles. The standard InChI is InChI=1S/C32H34N2O5/c1-18-16-26(39-7)19(2)15-25(18)29(36)27-28(21-11-13-22(14-12-21)32(4,5)6)34(31(38)30(27)37)24-10-8-9-23(17-24)33-20(3)35/h8-17,28,36H,1-7H3,(H,33,35)/b29-27+. The number of carbonyl (C=O) groups is 3. The van der Waals surface area contributed by atoms with Gasteiger partial charge in [-0.1, -0.05) is 51.1 Å². The highest BCUT2D eigenvalue weighted by Crippen LogP contribution is 2.43. The summed E-state index contributed by atoms with van der Waals surface area (Å²) in [4.78, 5) is 40.2. The van der Waals surface area contributed by atoms with E-state index in [0.29, 0.717) is 33.8 Å². The largest absolute Gasteiger partial charge is 0.507 e. The zero-order valence-corrected chi connectivity index (χ0v) is 23.4. The predicted molar refractivity (Wildman–Crippen MR) is 153 cm³/mol. The molecule has 7 heteroatoms. The van der Waals surface area contributed by atoms with Gasteiger partial charge in [0.2, 0.25) is 5.91 Å². The van der Waals surface area contributed by atoms with Crippen molar-refractivity contribution in [2.75, 3.05) is 17.3 Å². The van der Waals surface area contributed by atoms with Gasteiger partial charge in [0.25, 0.3) is 11.7 Å². The summed E-state index contributed by atoms with van der Waals surface area (Å²) in [6.07, 6.45) is 0. The van der Waals surface area contributed by atoms with Gasteiger partial charge in [-0.05, 0) is 71.8 Å². The summed E-state index contributed by atoms with van der Waals surface area (Å²) >= 11 is 0. The Balaban J connectivity index is 1.95. The minimum Gasteiger partial charge on any atom is -0.507 e. The molecule has 0 aromatic heterocycles. The van der Waals surface area contributed by atoms with Crippen LogP contribution >= 0.6 is 0 Å². The minimum absolute atomic E-state index is 0.00102. The Hall–Kier alpha value is -4.39. The Morgan fingerprint density at radius 3 is 2.23 bits per heavy atom. The third kappa shape index (κ3) is 5.30. The first kappa shape index (κ1) is 27.6. The minimum atomic E-state index is -0.881. The molecule has 1 aliphatic heterocycles. The summed E-state index contributed by atoms with van der Waals surface area (Å²) in [5, 5.41) is 14.3. The van der Waals surface area contributed by atoms with Crippen LogP contribution in [0.25, 0.3) is 5.76 Å². The first-order chi connectivity index (χ1) is 18.3. The van der Waals surface area contributed by atoms with E-state index in [4.69, 9.17) is 4.74 Å². The quantitative estimate of drug-likeness (QED) is 0.235. The fourth-order valence-corrected chi connectivity index (χ4v) is 4.93. The lowest BCUT2D eigenvalue weighted by molar-refractivity contribution is -0.132. The Bertz CT molecular complexity index is 1500. The van der Waals surface area contributed by atoms with E-state index in [1.807, 2.05) is 38.1 Å². The van der Waals surface area contributed by atoms with Crippen molar-refractivity contribution in [3.05, 3.63) is 94.1 Å². The number of aryl methyl sites for hydroxylation is 2. The van der Waals surface area contributed by atoms with Crippen LogP contribution < -0.4 is 15.0 Å². The fourth-order valence-electron chi connectivity index (χ4n) is 4.93. The summed E-state index contributed by atoms with van der Waals surface area (Å²) in [5.41, 5.74) is 4.54. The van der Waals surface area contributed by atoms with Gasteiger partial charge in [-0.3, -0.25) is 19.3 Å². The molecule has 3 aromatic rings. The predicted octanol–water partition coefficient (Wildman–Crippen LogP) is 6.19. The number of nitrogens with one attached hydrogen (secondary N) is 1. The molecule has 1 unspecified atom stereocenters. The van der Waals surface area contributed by atoms with Gasteiger partial charge in [0.15, 0.2) is 0 Å². The molecule has 1 aliphatic rings. The van der Waals surface area contributed by atoms with Gasteiger partial charge in [0.05, 0.1) is 18.7 Å². The van der Waals surface area contributed by atoms with Crippen molar-refractivity contribution >= 4 is 34.7 Å². The average Bonchev–Trinajstić information content (AvgIpc) is 3.14. The molecule has 39 heavy (non-hydrogen) atoms. The van der Waals surface area contributed by atoms with Gasteiger partial charge in [0.1, 0.15) is 11.5 Å². The summed E-state index contributed by atoms with van der Waals surface area (Å²) in [6.45, 7) is 11.4. The Morgan fingerprint density at radius 1 is 0.974 bits per heavy atom. The zero-order chi connectivity index (χ0) is 28.6. The lowest BCUT2D eigenvalue weighted by atomic mass is 9.85. The number of methoxy groups -OCH3 is 1. The number of aliphatic hydroxyl groups is 1. The van der Waals surface area contributed by atoms with E-state index in [1.54, 1.807) is 43.5 Å². The van der Waals surface area contributed by atoms with Gasteiger partial charge >= 0.3 is 0 Å². The molecule has 0 bridgehead atoms. The van der Waals surface area contributed by atoms with Crippen molar-refractivity contribution in [3.63, 3.8) is 0 Å². The van der Waals surface area contributed by atoms with Crippen molar-refractivity contribution in [1.82, 2.24) is 0 Å². The second-order valence-corrected chi connectivity index (χ2v) is 10.9. The molecule has 0 spiro atoms. The lowest BCUT2D eigenvalue weighted by Crippen LogP contribution is -2.29. The van der Waals surface area contributed by atoms with Crippen molar-refractivity contribution < 1.29 is 24.2 Å². The smallest absolute Gasteiger partial charge is 0.300 e. The van der Waals surface area contributed by atoms with Gasteiger partial charge in [-0.25, -0.2) is 0 Å². The third-order valence-electron chi connectivity index (χ3n) is 6.98. The molecule has 4 rings (SSSR count). The van der Waals surface area contributed by atoms with Crippen LogP contribution in [0.2, 0.25) is 0 Å². The number of hydrogen-bond donors (Lipinski definition) is 2. The summed E-state index contributed by atoms with van der Waals surface area (Å²) in [5.74, 6) is -1.39. The molecule has 0 aliphatic carbocycles. The zero-order valence-electron chi connectivity index (χ0n) is 23.4. The average molecular weight is 527 g/mol. The monoisotopic (exact) mass is 526 g/mol. The van der Waals surface area contributed by atoms with Crippen LogP contribution in [0.3, 0.4) is 0 Å². The molecule has 1 saturated heterocycles. The second kappa shape index (κ2) is 10.4. The highest BCUT2D eigenvalue weighted by Gasteiger charge is 2.47. The van der Waals surface area contributed by atoms with E-state index in [9.17, 15) is 19.5 Å². The van der Waals surface area contributed by atoms with E-state index in [0.717, 1.165) is 11.1 Å². The number of aliphatic hydroxyl groups excluding tert-OH is 1. The summed E-state index contributed by atoms with van der Waals surface area (Å²) in [7, 11) is 1.57. The fraction of sp³-hybridized carbons (Fsp3) is 0.281. The van der Waals surface area contributed by atoms with Gasteiger partial charge in [0, 0.05) is 23.9 Å². The molecule has 2 N–H and O–H groups in total. The van der Waals surface area contributed by atoms with Crippen molar-refractivity contribution in [1.29, 1.82) is 0 Å². The number of hydrogen-bond acceptors (Lipinski definition) is 5. The van der Waals surface area contributed by atoms with E-state index in [1.165, 1.54) is 11.8 Å². The van der Waals surface area contributed by atoms with Crippen LogP contribution in [0.5, 0.6) is 5.75 Å². The number of carbonyl (C=O) groups excluding carboxylic acids is 3. The Kier molecular flexibility index (Phi) is 7.37. The van der Waals surface area contributed by atoms with Crippen LogP contribution in [0.15, 0.2) is 66.2 Å². The maximum atomic E-state index is 13.6. The first-order valence-electron chi connectivity index (χ1n) is 12.8. The van der Waals surface area contributed by atoms with Gasteiger partial charge in [-0.2, -0.15) is 0 Å². The molecule has 7 nitrogen and oxygen atoms in total. The number of ether oxygens (including phenoxy) is 1. The molecule has 3 aromatic carbocycles. The molecular weight excluding hydrogens is 492 g/mol. The van der Waals surface area contributed by atoms with E-state index in [2.05, 4.69) is 26.1 Å². The highest BCUT2D eigenvalue weighted by atomic mass is 16.5. The topological polar surface area (TPSA) is 95.9 Å². The lowest BCUT2D eigenvalue weighted by Gasteiger charge is -2.27. The molecule has 0 radical (unpaired) electrons. The molecule has 2 amide bonds. The number of Topliss-reactive ketones (excluding diaryl/α,β-unsaturated/α-hetero) is 1. The summed E-state index contributed by atoms with van der Waals surface area (Å²) < 4.78 is 5.41. The SMILES string of the molecule is COc1cc(C)c(/C(O)=C2\C(=O)C(=O)N(c3cccc(NC(C)=O)c3)C2c2ccc(C(C)(C)C)cc2)cc1C. The molecule has 0 saturated carbocycles. The van der Waals surface area contributed by atoms with E-state index >= 15 is 0 Å². The maximum Gasteiger partial charge on any atom is 0.300 e. The van der Waals surface area contributed by atoms with E-state index < -0.39 is 17.7 Å². The number of benzene rings is 3. The third-order valence-corrected chi connectivity index (χ3v) is 6.98. The number of anilines is 2. The second-order valence-electron chi connectivity index (χ2n) is 10.9. The van der Waals surface area contributed by atoms with Gasteiger partial charge < -0.3 is 15.2 Å². The number of nitrogens with zero attached hydrogens (tertiary/aromatic N) is 1. The molecule has 202 valence electrons. The maximum absolute atomic E-state index is 13.6. The number of rotatable bonds is 5. The molecule has 1 atom stereocenters. The van der Waals surface area contributed by atoms with Crippen molar-refractivity contribution in [3.8, 4) is 5.75 Å². The van der Waals surface area contributed by atoms with E-state index in [-0.39, 0.29) is 22.7 Å². The van der Waals surface area contributed by atoms with Crippen LogP contribution in [-0.4, -0.2) is 29.8 Å². The number of ketones is 1.